The van der Waals surface area contributed by atoms with Crippen molar-refractivity contribution in [1.29, 1.82) is 0 Å². The summed E-state index contributed by atoms with van der Waals surface area (Å²) in [5, 5.41) is 0. The molecule has 0 atom stereocenters. The smallest absolute Gasteiger partial charge is 0.225 e. The number of halogens is 1. The molecule has 1 aliphatic rings. The fourth-order valence-corrected chi connectivity index (χ4v) is 3.01. The van der Waals surface area contributed by atoms with Crippen LogP contribution in [-0.4, -0.2) is 49.1 Å². The molecule has 0 bridgehead atoms. The van der Waals surface area contributed by atoms with E-state index >= 15 is 0 Å². The van der Waals surface area contributed by atoms with Crippen LogP contribution in [0.3, 0.4) is 0 Å². The van der Waals surface area contributed by atoms with Gasteiger partial charge in [0.05, 0.1) is 11.0 Å². The maximum Gasteiger partial charge on any atom is 0.225 e. The highest BCUT2D eigenvalue weighted by Crippen LogP contribution is 2.29. The molecule has 1 aromatic rings. The van der Waals surface area contributed by atoms with Crippen molar-refractivity contribution in [3.63, 3.8) is 0 Å². The summed E-state index contributed by atoms with van der Waals surface area (Å²) in [7, 11) is 6.20. The van der Waals surface area contributed by atoms with Crippen molar-refractivity contribution in [2.45, 2.75) is 25.7 Å². The predicted octanol–water partition coefficient (Wildman–Crippen LogP) is 3.05. The zero-order chi connectivity index (χ0) is 15.9. The van der Waals surface area contributed by atoms with Crippen LogP contribution in [0.4, 0.5) is 5.95 Å². The second-order valence-electron chi connectivity index (χ2n) is 6.36. The molecular formula is C17H25BrN4. The van der Waals surface area contributed by atoms with Crippen molar-refractivity contribution in [3.05, 3.63) is 16.9 Å². The molecule has 0 unspecified atom stereocenters. The molecule has 120 valence electrons. The second kappa shape index (κ2) is 8.50. The summed E-state index contributed by atoms with van der Waals surface area (Å²) >= 11 is 3.37. The highest BCUT2D eigenvalue weighted by molar-refractivity contribution is 9.10. The predicted molar refractivity (Wildman–Crippen MR) is 94.8 cm³/mol. The van der Waals surface area contributed by atoms with Gasteiger partial charge in [0.15, 0.2) is 0 Å². The molecule has 1 saturated carbocycles. The van der Waals surface area contributed by atoms with Crippen LogP contribution in [0, 0.1) is 23.7 Å². The molecule has 0 aromatic carbocycles. The van der Waals surface area contributed by atoms with E-state index in [1.165, 1.54) is 25.7 Å². The van der Waals surface area contributed by atoms with Crippen LogP contribution in [0.15, 0.2) is 16.9 Å². The van der Waals surface area contributed by atoms with E-state index in [-0.39, 0.29) is 0 Å². The average Bonchev–Trinajstić information content (AvgIpc) is 2.49. The standard InChI is InChI=1S/C17H25BrN4/c1-21(2)10-4-5-14-6-8-15(9-7-14)13-22(3)17-19-11-16(18)12-20-17/h11-12,14-15H,6-10,13H2,1-3H3. The van der Waals surface area contributed by atoms with Gasteiger partial charge in [-0.25, -0.2) is 9.97 Å². The molecule has 1 fully saturated rings. The van der Waals surface area contributed by atoms with Crippen molar-refractivity contribution in [3.8, 4) is 11.8 Å². The molecule has 0 radical (unpaired) electrons. The maximum absolute atomic E-state index is 4.36. The van der Waals surface area contributed by atoms with Crippen LogP contribution < -0.4 is 4.90 Å². The normalized spacial score (nSPS) is 21.3. The molecular weight excluding hydrogens is 340 g/mol. The van der Waals surface area contributed by atoms with Gasteiger partial charge in [-0.15, -0.1) is 0 Å². The molecule has 0 saturated heterocycles. The van der Waals surface area contributed by atoms with Gasteiger partial charge >= 0.3 is 0 Å². The number of nitrogens with zero attached hydrogens (tertiary/aromatic N) is 4. The van der Waals surface area contributed by atoms with Crippen LogP contribution in [0.25, 0.3) is 0 Å². The van der Waals surface area contributed by atoms with E-state index < -0.39 is 0 Å². The SMILES string of the molecule is CN(C)CC#CC1CCC(CN(C)c2ncc(Br)cn2)CC1. The van der Waals surface area contributed by atoms with Gasteiger partial charge in [0.1, 0.15) is 0 Å². The largest absolute Gasteiger partial charge is 0.344 e. The zero-order valence-electron chi connectivity index (χ0n) is 13.7. The lowest BCUT2D eigenvalue weighted by atomic mass is 9.82. The lowest BCUT2D eigenvalue weighted by Gasteiger charge is -2.29. The van der Waals surface area contributed by atoms with Gasteiger partial charge in [0.25, 0.3) is 0 Å². The van der Waals surface area contributed by atoms with E-state index in [0.717, 1.165) is 29.4 Å². The summed E-state index contributed by atoms with van der Waals surface area (Å²) in [6, 6.07) is 0. The molecule has 1 aliphatic carbocycles. The van der Waals surface area contributed by atoms with Gasteiger partial charge in [-0.3, -0.25) is 4.90 Å². The Morgan fingerprint density at radius 1 is 1.14 bits per heavy atom. The Bertz CT molecular complexity index is 510. The minimum Gasteiger partial charge on any atom is -0.344 e. The highest BCUT2D eigenvalue weighted by atomic mass is 79.9. The van der Waals surface area contributed by atoms with Crippen LogP contribution in [0.2, 0.25) is 0 Å². The van der Waals surface area contributed by atoms with E-state index in [1.807, 2.05) is 0 Å². The third kappa shape index (κ3) is 5.58. The lowest BCUT2D eigenvalue weighted by Crippen LogP contribution is -2.29. The van der Waals surface area contributed by atoms with E-state index in [4.69, 9.17) is 0 Å². The van der Waals surface area contributed by atoms with E-state index in [2.05, 4.69) is 68.7 Å². The first kappa shape index (κ1) is 17.2. The fourth-order valence-electron chi connectivity index (χ4n) is 2.81. The average molecular weight is 365 g/mol. The van der Waals surface area contributed by atoms with Crippen molar-refractivity contribution < 1.29 is 0 Å². The van der Waals surface area contributed by atoms with Gasteiger partial charge in [0, 0.05) is 31.9 Å². The molecule has 0 aliphatic heterocycles. The van der Waals surface area contributed by atoms with E-state index in [1.54, 1.807) is 12.4 Å². The number of anilines is 1. The third-order valence-electron chi connectivity index (χ3n) is 4.03. The summed E-state index contributed by atoms with van der Waals surface area (Å²) < 4.78 is 0.918. The fraction of sp³-hybridized carbons (Fsp3) is 0.647. The first-order chi connectivity index (χ1) is 10.5. The number of aromatic nitrogens is 2. The van der Waals surface area contributed by atoms with Crippen LogP contribution >= 0.6 is 15.9 Å². The molecule has 0 N–H and O–H groups in total. The first-order valence-electron chi connectivity index (χ1n) is 7.86. The Kier molecular flexibility index (Phi) is 6.66. The third-order valence-corrected chi connectivity index (χ3v) is 4.44. The number of hydrogen-bond acceptors (Lipinski definition) is 4. The zero-order valence-corrected chi connectivity index (χ0v) is 15.3. The molecule has 0 spiro atoms. The summed E-state index contributed by atoms with van der Waals surface area (Å²) in [6.45, 7) is 1.89. The molecule has 0 amide bonds. The molecule has 22 heavy (non-hydrogen) atoms. The Balaban J connectivity index is 1.77. The maximum atomic E-state index is 4.36. The molecule has 4 nitrogen and oxygen atoms in total. The summed E-state index contributed by atoms with van der Waals surface area (Å²) in [5.74, 6) is 8.83. The minimum atomic E-state index is 0.588. The highest BCUT2D eigenvalue weighted by Gasteiger charge is 2.21. The Morgan fingerprint density at radius 3 is 2.36 bits per heavy atom. The summed E-state index contributed by atoms with van der Waals surface area (Å²) in [4.78, 5) is 13.0. The van der Waals surface area contributed by atoms with Crippen LogP contribution in [0.1, 0.15) is 25.7 Å². The monoisotopic (exact) mass is 364 g/mol. The molecule has 5 heteroatoms. The lowest BCUT2D eigenvalue weighted by molar-refractivity contribution is 0.319. The first-order valence-corrected chi connectivity index (χ1v) is 8.65. The van der Waals surface area contributed by atoms with Gasteiger partial charge in [-0.1, -0.05) is 11.8 Å². The summed E-state index contributed by atoms with van der Waals surface area (Å²) in [5.41, 5.74) is 0. The van der Waals surface area contributed by atoms with Gasteiger partial charge in [0.2, 0.25) is 5.95 Å². The molecule has 2 rings (SSSR count). The molecule has 1 heterocycles. The van der Waals surface area contributed by atoms with E-state index in [9.17, 15) is 0 Å². The van der Waals surface area contributed by atoms with Crippen LogP contribution in [-0.2, 0) is 0 Å². The number of hydrogen-bond donors (Lipinski definition) is 0. The minimum absolute atomic E-state index is 0.588. The van der Waals surface area contributed by atoms with Crippen molar-refractivity contribution in [2.24, 2.45) is 11.8 Å². The second-order valence-corrected chi connectivity index (χ2v) is 7.27. The Hall–Kier alpha value is -1.12. The van der Waals surface area contributed by atoms with Gasteiger partial charge in [-0.2, -0.15) is 0 Å². The Labute approximate surface area is 142 Å². The number of rotatable bonds is 4. The summed E-state index contributed by atoms with van der Waals surface area (Å²) in [6.07, 6.45) is 8.55. The van der Waals surface area contributed by atoms with Gasteiger partial charge in [-0.05, 0) is 61.6 Å². The van der Waals surface area contributed by atoms with Crippen molar-refractivity contribution in [2.75, 3.05) is 39.1 Å². The van der Waals surface area contributed by atoms with Crippen molar-refractivity contribution >= 4 is 21.9 Å². The van der Waals surface area contributed by atoms with Gasteiger partial charge < -0.3 is 4.90 Å². The van der Waals surface area contributed by atoms with Crippen molar-refractivity contribution in [1.82, 2.24) is 14.9 Å². The quantitative estimate of drug-likeness (QED) is 0.768. The Morgan fingerprint density at radius 2 is 1.77 bits per heavy atom. The molecule has 1 aromatic heterocycles. The van der Waals surface area contributed by atoms with E-state index in [0.29, 0.717) is 5.92 Å². The van der Waals surface area contributed by atoms with Crippen LogP contribution in [0.5, 0.6) is 0 Å². The topological polar surface area (TPSA) is 32.3 Å².